The lowest BCUT2D eigenvalue weighted by atomic mass is 10.1. The van der Waals surface area contributed by atoms with Crippen LogP contribution in [0.3, 0.4) is 0 Å². The lowest BCUT2D eigenvalue weighted by Crippen LogP contribution is -2.07. The van der Waals surface area contributed by atoms with Gasteiger partial charge in [0.15, 0.2) is 0 Å². The van der Waals surface area contributed by atoms with Gasteiger partial charge in [0.05, 0.1) is 15.7 Å². The zero-order chi connectivity index (χ0) is 15.6. The minimum Gasteiger partial charge on any atom is -0.372 e. The van der Waals surface area contributed by atoms with Crippen molar-refractivity contribution in [2.75, 3.05) is 12.4 Å². The summed E-state index contributed by atoms with van der Waals surface area (Å²) >= 11 is 3.36. The van der Waals surface area contributed by atoms with Gasteiger partial charge in [0.25, 0.3) is 0 Å². The van der Waals surface area contributed by atoms with Gasteiger partial charge < -0.3 is 5.32 Å². The quantitative estimate of drug-likeness (QED) is 0.892. The first-order chi connectivity index (χ1) is 9.81. The van der Waals surface area contributed by atoms with Crippen molar-refractivity contribution in [3.05, 3.63) is 51.4 Å². The topological polar surface area (TPSA) is 37.8 Å². The number of hydrogen-bond donors (Lipinski definition) is 1. The van der Waals surface area contributed by atoms with E-state index in [4.69, 9.17) is 0 Å². The molecule has 0 aliphatic heterocycles. The molecular weight excluding hydrogens is 347 g/mol. The lowest BCUT2D eigenvalue weighted by Gasteiger charge is -2.10. The molecule has 112 valence electrons. The normalized spacial score (nSPS) is 11.5. The van der Waals surface area contributed by atoms with Gasteiger partial charge in [-0.15, -0.1) is 0 Å². The monoisotopic (exact) mass is 359 g/mol. The van der Waals surface area contributed by atoms with Crippen molar-refractivity contribution >= 4 is 21.7 Å². The molecule has 2 rings (SSSR count). The van der Waals surface area contributed by atoms with E-state index < -0.39 is 11.7 Å². The summed E-state index contributed by atoms with van der Waals surface area (Å²) in [6.07, 6.45) is -4.10. The Morgan fingerprint density at radius 2 is 1.95 bits per heavy atom. The van der Waals surface area contributed by atoms with E-state index in [-0.39, 0.29) is 6.42 Å². The van der Waals surface area contributed by atoms with Gasteiger partial charge in [-0.3, -0.25) is 0 Å². The van der Waals surface area contributed by atoms with Crippen molar-refractivity contribution < 1.29 is 13.2 Å². The molecule has 0 aliphatic carbocycles. The fourth-order valence-electron chi connectivity index (χ4n) is 1.90. The van der Waals surface area contributed by atoms with E-state index >= 15 is 0 Å². The van der Waals surface area contributed by atoms with Gasteiger partial charge in [-0.2, -0.15) is 13.2 Å². The summed E-state index contributed by atoms with van der Waals surface area (Å²) < 4.78 is 38.8. The maximum Gasteiger partial charge on any atom is 0.416 e. The first-order valence-corrected chi connectivity index (χ1v) is 6.97. The molecule has 1 aromatic carbocycles. The summed E-state index contributed by atoms with van der Waals surface area (Å²) in [5, 5.41) is 2.92. The zero-order valence-corrected chi connectivity index (χ0v) is 13.0. The Bertz CT molecular complexity index is 656. The predicted octanol–water partition coefficient (Wildman–Crippen LogP) is 4.20. The summed E-state index contributed by atoms with van der Waals surface area (Å²) in [6, 6.07) is 5.20. The summed E-state index contributed by atoms with van der Waals surface area (Å²) in [4.78, 5) is 8.58. The molecule has 0 atom stereocenters. The molecule has 21 heavy (non-hydrogen) atoms. The molecule has 0 amide bonds. The van der Waals surface area contributed by atoms with Gasteiger partial charge in [-0.25, -0.2) is 9.97 Å². The van der Waals surface area contributed by atoms with E-state index in [1.165, 1.54) is 6.07 Å². The third-order valence-corrected chi connectivity index (χ3v) is 3.87. The van der Waals surface area contributed by atoms with Crippen LogP contribution in [0.2, 0.25) is 0 Å². The van der Waals surface area contributed by atoms with Crippen molar-refractivity contribution in [3.63, 3.8) is 0 Å². The van der Waals surface area contributed by atoms with Crippen LogP contribution in [0.5, 0.6) is 0 Å². The number of anilines is 1. The van der Waals surface area contributed by atoms with Crippen LogP contribution in [-0.2, 0) is 12.6 Å². The molecule has 2 aromatic rings. The first-order valence-electron chi connectivity index (χ1n) is 6.18. The Hall–Kier alpha value is -1.63. The fourth-order valence-corrected chi connectivity index (χ4v) is 2.28. The van der Waals surface area contributed by atoms with Crippen molar-refractivity contribution in [1.29, 1.82) is 0 Å². The smallest absolute Gasteiger partial charge is 0.372 e. The van der Waals surface area contributed by atoms with Crippen LogP contribution >= 0.6 is 15.9 Å². The van der Waals surface area contributed by atoms with Crippen LogP contribution in [0.15, 0.2) is 28.7 Å². The van der Waals surface area contributed by atoms with Gasteiger partial charge in [-0.05, 0) is 34.5 Å². The van der Waals surface area contributed by atoms with Gasteiger partial charge in [-0.1, -0.05) is 18.2 Å². The Morgan fingerprint density at radius 1 is 1.24 bits per heavy atom. The Balaban J connectivity index is 2.32. The van der Waals surface area contributed by atoms with Crippen molar-refractivity contribution in [1.82, 2.24) is 9.97 Å². The van der Waals surface area contributed by atoms with Crippen LogP contribution < -0.4 is 5.32 Å². The molecule has 0 bridgehead atoms. The molecule has 3 nitrogen and oxygen atoms in total. The van der Waals surface area contributed by atoms with Gasteiger partial charge >= 0.3 is 6.18 Å². The number of aromatic nitrogens is 2. The number of alkyl halides is 3. The number of aryl methyl sites for hydroxylation is 1. The molecular formula is C14H13BrF3N3. The Kier molecular flexibility index (Phi) is 4.51. The molecule has 0 saturated carbocycles. The summed E-state index contributed by atoms with van der Waals surface area (Å²) in [7, 11) is 1.72. The number of benzene rings is 1. The summed E-state index contributed by atoms with van der Waals surface area (Å²) in [5.74, 6) is 1.09. The van der Waals surface area contributed by atoms with Crippen LogP contribution in [0.4, 0.5) is 19.0 Å². The second-order valence-electron chi connectivity index (χ2n) is 4.51. The van der Waals surface area contributed by atoms with E-state index in [1.54, 1.807) is 13.1 Å². The largest absolute Gasteiger partial charge is 0.416 e. The molecule has 0 saturated heterocycles. The number of hydrogen-bond acceptors (Lipinski definition) is 3. The van der Waals surface area contributed by atoms with Crippen LogP contribution in [0, 0.1) is 6.92 Å². The highest BCUT2D eigenvalue weighted by molar-refractivity contribution is 9.10. The van der Waals surface area contributed by atoms with Gasteiger partial charge in [0.2, 0.25) is 0 Å². The van der Waals surface area contributed by atoms with E-state index in [0.29, 0.717) is 17.2 Å². The molecule has 0 spiro atoms. The lowest BCUT2D eigenvalue weighted by molar-refractivity contribution is -0.137. The van der Waals surface area contributed by atoms with Crippen LogP contribution in [-0.4, -0.2) is 17.0 Å². The second kappa shape index (κ2) is 6.01. The van der Waals surface area contributed by atoms with E-state index in [9.17, 15) is 13.2 Å². The van der Waals surface area contributed by atoms with Crippen molar-refractivity contribution in [2.45, 2.75) is 19.5 Å². The number of nitrogens with zero attached hydrogens (tertiary/aromatic N) is 2. The Labute approximate surface area is 128 Å². The molecule has 7 heteroatoms. The predicted molar refractivity (Wildman–Crippen MR) is 78.3 cm³/mol. The van der Waals surface area contributed by atoms with Crippen molar-refractivity contribution in [2.24, 2.45) is 0 Å². The number of rotatable bonds is 3. The minimum absolute atomic E-state index is 0.243. The van der Waals surface area contributed by atoms with E-state index in [1.807, 2.05) is 6.92 Å². The molecule has 1 N–H and O–H groups in total. The molecule has 1 heterocycles. The third-order valence-electron chi connectivity index (χ3n) is 2.92. The second-order valence-corrected chi connectivity index (χ2v) is 5.31. The highest BCUT2D eigenvalue weighted by Crippen LogP contribution is 2.30. The van der Waals surface area contributed by atoms with Crippen LogP contribution in [0.25, 0.3) is 0 Å². The molecule has 0 unspecified atom stereocenters. The van der Waals surface area contributed by atoms with E-state index in [2.05, 4.69) is 31.2 Å². The highest BCUT2D eigenvalue weighted by atomic mass is 79.9. The van der Waals surface area contributed by atoms with Crippen molar-refractivity contribution in [3.8, 4) is 0 Å². The first kappa shape index (κ1) is 15.8. The fraction of sp³-hybridized carbons (Fsp3) is 0.286. The zero-order valence-electron chi connectivity index (χ0n) is 11.4. The number of halogens is 4. The van der Waals surface area contributed by atoms with Gasteiger partial charge in [0.1, 0.15) is 11.6 Å². The number of nitrogens with one attached hydrogen (secondary N) is 1. The molecule has 1 aromatic heterocycles. The average molecular weight is 360 g/mol. The molecule has 0 radical (unpaired) electrons. The minimum atomic E-state index is -4.34. The Morgan fingerprint density at radius 3 is 2.57 bits per heavy atom. The summed E-state index contributed by atoms with van der Waals surface area (Å²) in [5.41, 5.74) is 0.590. The third kappa shape index (κ3) is 3.72. The summed E-state index contributed by atoms with van der Waals surface area (Å²) in [6.45, 7) is 1.81. The molecule has 0 aliphatic rings. The highest BCUT2D eigenvalue weighted by Gasteiger charge is 2.30. The SMILES string of the molecule is CNc1nc(Cc2cccc(C(F)(F)F)c2)nc(C)c1Br. The average Bonchev–Trinajstić information content (AvgIpc) is 2.42. The molecule has 0 fully saturated rings. The standard InChI is InChI=1S/C14H13BrF3N3/c1-8-12(15)13(19-2)21-11(20-8)7-9-4-3-5-10(6-9)14(16,17)18/h3-6H,7H2,1-2H3,(H,19,20,21). The maximum atomic E-state index is 12.7. The van der Waals surface area contributed by atoms with Gasteiger partial charge in [0, 0.05) is 13.5 Å². The van der Waals surface area contributed by atoms with Crippen LogP contribution in [0.1, 0.15) is 22.6 Å². The van der Waals surface area contributed by atoms with E-state index in [0.717, 1.165) is 22.3 Å². The maximum absolute atomic E-state index is 12.7.